The lowest BCUT2D eigenvalue weighted by atomic mass is 10.1. The van der Waals surface area contributed by atoms with Gasteiger partial charge in [-0.1, -0.05) is 32.5 Å². The predicted octanol–water partition coefficient (Wildman–Crippen LogP) is 2.82. The van der Waals surface area contributed by atoms with Crippen LogP contribution in [0.4, 0.5) is 4.79 Å². The Labute approximate surface area is 108 Å². The van der Waals surface area contributed by atoms with E-state index in [0.29, 0.717) is 5.75 Å². The largest absolute Gasteiger partial charge is 0.444 e. The van der Waals surface area contributed by atoms with Crippen molar-refractivity contribution in [3.05, 3.63) is 0 Å². The molecule has 0 aromatic carbocycles. The Kier molecular flexibility index (Phi) is 6.60. The molecule has 0 saturated carbocycles. The summed E-state index contributed by atoms with van der Waals surface area (Å²) >= 11 is 1.22. The molecule has 17 heavy (non-hydrogen) atoms. The summed E-state index contributed by atoms with van der Waals surface area (Å²) in [7, 11) is 0. The van der Waals surface area contributed by atoms with Crippen molar-refractivity contribution in [2.24, 2.45) is 5.92 Å². The monoisotopic (exact) mass is 261 g/mol. The first-order valence-corrected chi connectivity index (χ1v) is 6.82. The number of amides is 1. The van der Waals surface area contributed by atoms with E-state index in [0.717, 1.165) is 0 Å². The van der Waals surface area contributed by atoms with Crippen LogP contribution in [-0.2, 0) is 9.53 Å². The highest BCUT2D eigenvalue weighted by Crippen LogP contribution is 2.14. The van der Waals surface area contributed by atoms with E-state index in [1.165, 1.54) is 11.8 Å². The number of nitrogens with one attached hydrogen (secondary N) is 1. The minimum atomic E-state index is -0.549. The van der Waals surface area contributed by atoms with Crippen LogP contribution in [0.3, 0.4) is 0 Å². The van der Waals surface area contributed by atoms with Crippen LogP contribution in [0.25, 0.3) is 0 Å². The number of carbonyl (C=O) groups excluding carboxylic acids is 2. The first-order valence-electron chi connectivity index (χ1n) is 5.83. The molecule has 0 bridgehead atoms. The predicted molar refractivity (Wildman–Crippen MR) is 71.1 cm³/mol. The highest BCUT2D eigenvalue weighted by atomic mass is 32.2. The standard InChI is InChI=1S/C12H23NO3S/c1-7-17-10(14)9(8(2)3)13-11(15)16-12(4,5)6/h8-9H,7H2,1-6H3,(H,13,15). The molecule has 0 heterocycles. The van der Waals surface area contributed by atoms with Crippen LogP contribution in [-0.4, -0.2) is 28.6 Å². The van der Waals surface area contributed by atoms with Gasteiger partial charge in [0.05, 0.1) is 0 Å². The molecule has 0 saturated heterocycles. The second-order valence-electron chi connectivity index (χ2n) is 5.12. The van der Waals surface area contributed by atoms with E-state index in [1.807, 2.05) is 20.8 Å². The van der Waals surface area contributed by atoms with Crippen LogP contribution in [0.5, 0.6) is 0 Å². The number of thioether (sulfide) groups is 1. The smallest absolute Gasteiger partial charge is 0.408 e. The van der Waals surface area contributed by atoms with Crippen molar-refractivity contribution in [1.82, 2.24) is 5.32 Å². The summed E-state index contributed by atoms with van der Waals surface area (Å²) in [5, 5.41) is 2.61. The van der Waals surface area contributed by atoms with E-state index >= 15 is 0 Å². The van der Waals surface area contributed by atoms with Gasteiger partial charge in [0.2, 0.25) is 5.12 Å². The molecule has 0 aromatic rings. The van der Waals surface area contributed by atoms with Crippen molar-refractivity contribution in [1.29, 1.82) is 0 Å². The number of rotatable bonds is 4. The Hall–Kier alpha value is -0.710. The second-order valence-corrected chi connectivity index (χ2v) is 6.39. The van der Waals surface area contributed by atoms with Gasteiger partial charge in [0.15, 0.2) is 0 Å². The molecule has 0 fully saturated rings. The van der Waals surface area contributed by atoms with E-state index in [2.05, 4.69) is 5.32 Å². The van der Waals surface area contributed by atoms with Gasteiger partial charge >= 0.3 is 6.09 Å². The van der Waals surface area contributed by atoms with Crippen molar-refractivity contribution in [3.8, 4) is 0 Å². The van der Waals surface area contributed by atoms with Crippen molar-refractivity contribution >= 4 is 23.0 Å². The summed E-state index contributed by atoms with van der Waals surface area (Å²) in [6.45, 7) is 11.1. The molecular formula is C12H23NO3S. The summed E-state index contributed by atoms with van der Waals surface area (Å²) in [6.07, 6.45) is -0.541. The molecular weight excluding hydrogens is 238 g/mol. The molecule has 1 amide bonds. The summed E-state index contributed by atoms with van der Waals surface area (Å²) in [6, 6.07) is -0.491. The minimum Gasteiger partial charge on any atom is -0.444 e. The fraction of sp³-hybridized carbons (Fsp3) is 0.833. The number of hydrogen-bond acceptors (Lipinski definition) is 4. The van der Waals surface area contributed by atoms with Crippen LogP contribution >= 0.6 is 11.8 Å². The Bertz CT molecular complexity index is 271. The highest BCUT2D eigenvalue weighted by Gasteiger charge is 2.26. The summed E-state index contributed by atoms with van der Waals surface area (Å²) in [5.41, 5.74) is -0.549. The maximum Gasteiger partial charge on any atom is 0.408 e. The normalized spacial score (nSPS) is 13.4. The van der Waals surface area contributed by atoms with Gasteiger partial charge in [0.1, 0.15) is 11.6 Å². The van der Waals surface area contributed by atoms with Crippen LogP contribution in [0.15, 0.2) is 0 Å². The lowest BCUT2D eigenvalue weighted by Gasteiger charge is -2.24. The quantitative estimate of drug-likeness (QED) is 0.845. The summed E-state index contributed by atoms with van der Waals surface area (Å²) < 4.78 is 5.14. The molecule has 0 radical (unpaired) electrons. The number of ether oxygens (including phenoxy) is 1. The van der Waals surface area contributed by atoms with Crippen molar-refractivity contribution in [2.45, 2.75) is 53.2 Å². The average molecular weight is 261 g/mol. The SMILES string of the molecule is CCSC(=O)C(NC(=O)OC(C)(C)C)C(C)C. The van der Waals surface area contributed by atoms with Crippen LogP contribution in [0.2, 0.25) is 0 Å². The van der Waals surface area contributed by atoms with Gasteiger partial charge < -0.3 is 10.1 Å². The van der Waals surface area contributed by atoms with Crippen molar-refractivity contribution in [3.63, 3.8) is 0 Å². The summed E-state index contributed by atoms with van der Waals surface area (Å²) in [4.78, 5) is 23.4. The van der Waals surface area contributed by atoms with Crippen LogP contribution in [0.1, 0.15) is 41.5 Å². The van der Waals surface area contributed by atoms with E-state index in [9.17, 15) is 9.59 Å². The fourth-order valence-corrected chi connectivity index (χ4v) is 1.96. The van der Waals surface area contributed by atoms with E-state index in [1.54, 1.807) is 20.8 Å². The first-order chi connectivity index (χ1) is 7.67. The van der Waals surface area contributed by atoms with Crippen LogP contribution in [0, 0.1) is 5.92 Å². The topological polar surface area (TPSA) is 55.4 Å². The molecule has 0 aromatic heterocycles. The Morgan fingerprint density at radius 2 is 1.82 bits per heavy atom. The number of hydrogen-bond donors (Lipinski definition) is 1. The maximum absolute atomic E-state index is 11.8. The van der Waals surface area contributed by atoms with Gasteiger partial charge in [0.25, 0.3) is 0 Å². The molecule has 4 nitrogen and oxygen atoms in total. The van der Waals surface area contributed by atoms with E-state index in [4.69, 9.17) is 4.74 Å². The van der Waals surface area contributed by atoms with Gasteiger partial charge in [0, 0.05) is 0 Å². The molecule has 5 heteroatoms. The lowest BCUT2D eigenvalue weighted by Crippen LogP contribution is -2.45. The van der Waals surface area contributed by atoms with Crippen molar-refractivity contribution < 1.29 is 14.3 Å². The Balaban J connectivity index is 4.46. The zero-order valence-corrected chi connectivity index (χ0v) is 12.3. The van der Waals surface area contributed by atoms with Gasteiger partial charge in [-0.3, -0.25) is 4.79 Å². The van der Waals surface area contributed by atoms with Crippen molar-refractivity contribution in [2.75, 3.05) is 5.75 Å². The molecule has 0 aliphatic rings. The molecule has 1 N–H and O–H groups in total. The zero-order valence-electron chi connectivity index (χ0n) is 11.5. The van der Waals surface area contributed by atoms with Crippen LogP contribution < -0.4 is 5.32 Å². The van der Waals surface area contributed by atoms with Gasteiger partial charge in [-0.05, 0) is 32.4 Å². The van der Waals surface area contributed by atoms with E-state index < -0.39 is 17.7 Å². The molecule has 0 spiro atoms. The highest BCUT2D eigenvalue weighted by molar-refractivity contribution is 8.13. The second kappa shape index (κ2) is 6.89. The Morgan fingerprint density at radius 3 is 2.18 bits per heavy atom. The summed E-state index contributed by atoms with van der Waals surface area (Å²) in [5.74, 6) is 0.756. The molecule has 1 unspecified atom stereocenters. The fourth-order valence-electron chi connectivity index (χ4n) is 1.16. The maximum atomic E-state index is 11.8. The molecule has 0 aliphatic carbocycles. The zero-order chi connectivity index (χ0) is 13.6. The third-order valence-electron chi connectivity index (χ3n) is 1.88. The third-order valence-corrected chi connectivity index (χ3v) is 2.71. The van der Waals surface area contributed by atoms with Gasteiger partial charge in [-0.25, -0.2) is 4.79 Å². The number of carbonyl (C=O) groups is 2. The Morgan fingerprint density at radius 1 is 1.29 bits per heavy atom. The molecule has 0 aliphatic heterocycles. The van der Waals surface area contributed by atoms with Gasteiger partial charge in [-0.2, -0.15) is 0 Å². The molecule has 100 valence electrons. The third kappa shape index (κ3) is 7.26. The van der Waals surface area contributed by atoms with E-state index in [-0.39, 0.29) is 11.0 Å². The molecule has 1 atom stereocenters. The average Bonchev–Trinajstić information content (AvgIpc) is 2.11. The number of alkyl carbamates (subject to hydrolysis) is 1. The first kappa shape index (κ1) is 16.3. The lowest BCUT2D eigenvalue weighted by molar-refractivity contribution is -0.113. The minimum absolute atomic E-state index is 0.0200. The van der Waals surface area contributed by atoms with Gasteiger partial charge in [-0.15, -0.1) is 0 Å². The molecule has 0 rings (SSSR count).